The summed E-state index contributed by atoms with van der Waals surface area (Å²) in [6.45, 7) is 3.15. The molecule has 1 heterocycles. The van der Waals surface area contributed by atoms with E-state index >= 15 is 0 Å². The second-order valence-electron chi connectivity index (χ2n) is 6.74. The van der Waals surface area contributed by atoms with Gasteiger partial charge in [0.1, 0.15) is 6.20 Å². The number of unbranched alkanes of at least 4 members (excludes halogenated alkanes) is 13. The van der Waals surface area contributed by atoms with E-state index < -0.39 is 0 Å². The molecule has 1 rings (SSSR count). The zero-order valence-corrected chi connectivity index (χ0v) is 15.1. The molecule has 0 atom stereocenters. The maximum absolute atomic E-state index is 13.0. The second kappa shape index (κ2) is 14.6. The Kier molecular flexibility index (Phi) is 12.7. The molecule has 0 radical (unpaired) electrons. The first kappa shape index (κ1) is 20.1. The molecule has 0 aliphatic carbocycles. The van der Waals surface area contributed by atoms with Crippen molar-refractivity contribution in [3.8, 4) is 0 Å². The van der Waals surface area contributed by atoms with Crippen LogP contribution in [-0.4, -0.2) is 4.98 Å². The normalized spacial score (nSPS) is 11.0. The third kappa shape index (κ3) is 12.1. The van der Waals surface area contributed by atoms with Gasteiger partial charge in [-0.15, -0.1) is 0 Å². The largest absolute Gasteiger partial charge is 0.286 e. The van der Waals surface area contributed by atoms with Gasteiger partial charge in [0, 0.05) is 0 Å². The van der Waals surface area contributed by atoms with Crippen molar-refractivity contribution in [2.75, 3.05) is 0 Å². The van der Waals surface area contributed by atoms with Gasteiger partial charge in [0.2, 0.25) is 5.82 Å². The lowest BCUT2D eigenvalue weighted by molar-refractivity contribution is -0.701. The number of halogens is 1. The summed E-state index contributed by atoms with van der Waals surface area (Å²) in [6, 6.07) is 0. The molecule has 0 spiro atoms. The van der Waals surface area contributed by atoms with E-state index in [0.717, 1.165) is 13.0 Å². The molecular weight excluding hydrogens is 287 g/mol. The number of nitrogens with zero attached hydrogens (tertiary/aromatic N) is 2. The summed E-state index contributed by atoms with van der Waals surface area (Å²) in [7, 11) is 0. The molecule has 0 aromatic carbocycles. The maximum atomic E-state index is 13.0. The minimum atomic E-state index is -0.252. The Balaban J connectivity index is 1.78. The molecule has 2 nitrogen and oxygen atoms in total. The SMILES string of the molecule is CCCCCCCCCCCCCCCC[n+]1cncc(F)c1. The molecule has 3 heteroatoms. The van der Waals surface area contributed by atoms with E-state index in [1.807, 2.05) is 4.57 Å². The van der Waals surface area contributed by atoms with Crippen LogP contribution in [0.3, 0.4) is 0 Å². The van der Waals surface area contributed by atoms with Crippen molar-refractivity contribution >= 4 is 0 Å². The zero-order chi connectivity index (χ0) is 16.6. The highest BCUT2D eigenvalue weighted by molar-refractivity contribution is 4.75. The molecule has 0 aliphatic rings. The summed E-state index contributed by atoms with van der Waals surface area (Å²) in [5.74, 6) is -0.252. The average molecular weight is 324 g/mol. The first-order valence-corrected chi connectivity index (χ1v) is 9.82. The molecule has 0 N–H and O–H groups in total. The van der Waals surface area contributed by atoms with Gasteiger partial charge in [0.25, 0.3) is 6.33 Å². The maximum Gasteiger partial charge on any atom is 0.286 e. The minimum absolute atomic E-state index is 0.252. The number of aromatic nitrogens is 2. The lowest BCUT2D eigenvalue weighted by Crippen LogP contribution is -2.34. The summed E-state index contributed by atoms with van der Waals surface area (Å²) < 4.78 is 14.8. The van der Waals surface area contributed by atoms with Gasteiger partial charge >= 0.3 is 0 Å². The van der Waals surface area contributed by atoms with Crippen molar-refractivity contribution in [3.05, 3.63) is 24.5 Å². The molecule has 0 unspecified atom stereocenters. The van der Waals surface area contributed by atoms with Crippen LogP contribution in [0.2, 0.25) is 0 Å². The molecule has 0 bridgehead atoms. The second-order valence-corrected chi connectivity index (χ2v) is 6.74. The van der Waals surface area contributed by atoms with Crippen molar-refractivity contribution in [1.29, 1.82) is 0 Å². The first-order chi connectivity index (χ1) is 11.3. The number of hydrogen-bond acceptors (Lipinski definition) is 1. The van der Waals surface area contributed by atoms with Crippen molar-refractivity contribution in [2.24, 2.45) is 0 Å². The summed E-state index contributed by atoms with van der Waals surface area (Å²) in [5.41, 5.74) is 0. The number of hydrogen-bond donors (Lipinski definition) is 0. The smallest absolute Gasteiger partial charge is 0.234 e. The Bertz CT molecular complexity index is 382. The lowest BCUT2D eigenvalue weighted by Gasteiger charge is -2.03. The molecule has 0 aliphatic heterocycles. The molecule has 23 heavy (non-hydrogen) atoms. The monoisotopic (exact) mass is 323 g/mol. The fraction of sp³-hybridized carbons (Fsp3) is 0.800. The Morgan fingerprint density at radius 2 is 1.26 bits per heavy atom. The van der Waals surface area contributed by atoms with Gasteiger partial charge in [0.15, 0.2) is 6.20 Å². The van der Waals surface area contributed by atoms with Crippen molar-refractivity contribution in [2.45, 2.75) is 103 Å². The van der Waals surface area contributed by atoms with E-state index in [1.54, 1.807) is 6.33 Å². The minimum Gasteiger partial charge on any atom is -0.234 e. The van der Waals surface area contributed by atoms with Crippen LogP contribution in [0.5, 0.6) is 0 Å². The standard InChI is InChI=1S/C20H36FN2/c1-2-3-4-5-6-7-8-9-10-11-12-13-14-15-16-23-18-20(21)17-22-19-23/h17-19H,2-16H2,1H3/q+1. The van der Waals surface area contributed by atoms with E-state index in [4.69, 9.17) is 0 Å². The van der Waals surface area contributed by atoms with Crippen LogP contribution in [-0.2, 0) is 6.54 Å². The molecule has 1 aromatic heterocycles. The molecule has 1 aromatic rings. The fourth-order valence-corrected chi connectivity index (χ4v) is 3.03. The number of rotatable bonds is 15. The van der Waals surface area contributed by atoms with Gasteiger partial charge in [-0.25, -0.2) is 4.57 Å². The van der Waals surface area contributed by atoms with Crippen LogP contribution < -0.4 is 4.57 Å². The molecule has 0 fully saturated rings. The van der Waals surface area contributed by atoms with E-state index in [1.165, 1.54) is 95.9 Å². The van der Waals surface area contributed by atoms with Crippen molar-refractivity contribution in [1.82, 2.24) is 4.98 Å². The summed E-state index contributed by atoms with van der Waals surface area (Å²) >= 11 is 0. The van der Waals surface area contributed by atoms with Crippen LogP contribution in [0, 0.1) is 5.82 Å². The Morgan fingerprint density at radius 3 is 1.74 bits per heavy atom. The quantitative estimate of drug-likeness (QED) is 0.286. The van der Waals surface area contributed by atoms with E-state index in [-0.39, 0.29) is 5.82 Å². The zero-order valence-electron chi connectivity index (χ0n) is 15.1. The van der Waals surface area contributed by atoms with Gasteiger partial charge in [-0.2, -0.15) is 4.39 Å². The first-order valence-electron chi connectivity index (χ1n) is 9.82. The summed E-state index contributed by atoms with van der Waals surface area (Å²) in [4.78, 5) is 3.86. The Morgan fingerprint density at radius 1 is 0.783 bits per heavy atom. The highest BCUT2D eigenvalue weighted by Crippen LogP contribution is 2.12. The van der Waals surface area contributed by atoms with E-state index in [0.29, 0.717) is 0 Å². The van der Waals surface area contributed by atoms with Crippen LogP contribution in [0.25, 0.3) is 0 Å². The molecule has 132 valence electrons. The van der Waals surface area contributed by atoms with E-state index in [9.17, 15) is 4.39 Å². The van der Waals surface area contributed by atoms with Gasteiger partial charge in [-0.1, -0.05) is 89.0 Å². The van der Waals surface area contributed by atoms with Crippen molar-refractivity contribution in [3.63, 3.8) is 0 Å². The van der Waals surface area contributed by atoms with Crippen LogP contribution in [0.4, 0.5) is 4.39 Å². The fourth-order valence-electron chi connectivity index (χ4n) is 3.03. The predicted octanol–water partition coefficient (Wildman–Crippen LogP) is 5.99. The predicted molar refractivity (Wildman–Crippen MR) is 94.7 cm³/mol. The summed E-state index contributed by atoms with van der Waals surface area (Å²) in [6.07, 6.45) is 23.6. The summed E-state index contributed by atoms with van der Waals surface area (Å²) in [5, 5.41) is 0. The lowest BCUT2D eigenvalue weighted by atomic mass is 10.0. The average Bonchev–Trinajstić information content (AvgIpc) is 2.55. The van der Waals surface area contributed by atoms with Gasteiger partial charge in [-0.3, -0.25) is 0 Å². The third-order valence-electron chi connectivity index (χ3n) is 4.47. The van der Waals surface area contributed by atoms with Gasteiger partial charge in [0.05, 0.1) is 6.54 Å². The van der Waals surface area contributed by atoms with Gasteiger partial charge < -0.3 is 0 Å². The highest BCUT2D eigenvalue weighted by Gasteiger charge is 2.01. The topological polar surface area (TPSA) is 16.8 Å². The third-order valence-corrected chi connectivity index (χ3v) is 4.47. The molecule has 0 saturated carbocycles. The molecular formula is C20H36FN2+. The Labute approximate surface area is 142 Å². The Hall–Kier alpha value is -0.990. The van der Waals surface area contributed by atoms with Crippen LogP contribution in [0.15, 0.2) is 18.7 Å². The highest BCUT2D eigenvalue weighted by atomic mass is 19.1. The van der Waals surface area contributed by atoms with E-state index in [2.05, 4.69) is 11.9 Å². The van der Waals surface area contributed by atoms with Crippen LogP contribution in [0.1, 0.15) is 96.8 Å². The van der Waals surface area contributed by atoms with Crippen LogP contribution >= 0.6 is 0 Å². The molecule has 0 amide bonds. The van der Waals surface area contributed by atoms with Crippen molar-refractivity contribution < 1.29 is 8.96 Å². The van der Waals surface area contributed by atoms with Gasteiger partial charge in [-0.05, 0) is 12.8 Å². The molecule has 0 saturated heterocycles. The number of aryl methyl sites for hydroxylation is 1.